The first-order valence-corrected chi connectivity index (χ1v) is 6.92. The Balaban J connectivity index is 2.06. The van der Waals surface area contributed by atoms with Crippen molar-refractivity contribution >= 4 is 11.8 Å². The fourth-order valence-corrected chi connectivity index (χ4v) is 2.64. The van der Waals surface area contributed by atoms with E-state index >= 15 is 0 Å². The quantitative estimate of drug-likeness (QED) is 0.863. The Morgan fingerprint density at radius 1 is 1.25 bits per heavy atom. The van der Waals surface area contributed by atoms with E-state index in [0.29, 0.717) is 0 Å². The van der Waals surface area contributed by atoms with Crippen LogP contribution in [0.1, 0.15) is 24.4 Å². The molecule has 1 heterocycles. The van der Waals surface area contributed by atoms with Crippen LogP contribution in [0.15, 0.2) is 30.3 Å². The van der Waals surface area contributed by atoms with Crippen LogP contribution in [0.3, 0.4) is 0 Å². The molecule has 2 amide bonds. The van der Waals surface area contributed by atoms with E-state index in [0.717, 1.165) is 31.5 Å². The zero-order valence-electron chi connectivity index (χ0n) is 11.8. The molecule has 0 bridgehead atoms. The minimum absolute atomic E-state index is 0.0622. The van der Waals surface area contributed by atoms with Gasteiger partial charge in [0.2, 0.25) is 11.8 Å². The van der Waals surface area contributed by atoms with Crippen molar-refractivity contribution in [3.05, 3.63) is 35.9 Å². The maximum Gasteiger partial charge on any atom is 0.239 e. The summed E-state index contributed by atoms with van der Waals surface area (Å²) < 4.78 is 0. The van der Waals surface area contributed by atoms with E-state index < -0.39 is 11.9 Å². The van der Waals surface area contributed by atoms with Gasteiger partial charge in [-0.1, -0.05) is 30.3 Å². The summed E-state index contributed by atoms with van der Waals surface area (Å²) in [5.74, 6) is -0.375. The maximum atomic E-state index is 12.1. The highest BCUT2D eigenvalue weighted by molar-refractivity contribution is 5.83. The minimum Gasteiger partial charge on any atom is -0.368 e. The fourth-order valence-electron chi connectivity index (χ4n) is 2.64. The predicted octanol–water partition coefficient (Wildman–Crippen LogP) is 0.767. The van der Waals surface area contributed by atoms with Crippen LogP contribution in [-0.2, 0) is 9.59 Å². The standard InChI is InChI=1S/C15H21N3O2/c1-17(11-13(19)18-9-5-6-10-18)14(15(16)20)12-7-3-2-4-8-12/h2-4,7-8,14H,5-6,9-11H2,1H3,(H2,16,20)/t14-/m1/s1. The van der Waals surface area contributed by atoms with Crippen LogP contribution in [0.2, 0.25) is 0 Å². The van der Waals surface area contributed by atoms with E-state index in [9.17, 15) is 9.59 Å². The zero-order valence-corrected chi connectivity index (χ0v) is 11.8. The molecular weight excluding hydrogens is 254 g/mol. The number of hydrogen-bond acceptors (Lipinski definition) is 3. The monoisotopic (exact) mass is 275 g/mol. The van der Waals surface area contributed by atoms with E-state index in [2.05, 4.69) is 0 Å². The summed E-state index contributed by atoms with van der Waals surface area (Å²) in [6.07, 6.45) is 2.13. The van der Waals surface area contributed by atoms with Crippen LogP contribution >= 0.6 is 0 Å². The minimum atomic E-state index is -0.567. The Bertz CT molecular complexity index is 469. The second-order valence-corrected chi connectivity index (χ2v) is 5.22. The summed E-state index contributed by atoms with van der Waals surface area (Å²) >= 11 is 0. The zero-order chi connectivity index (χ0) is 14.5. The highest BCUT2D eigenvalue weighted by atomic mass is 16.2. The molecule has 0 aliphatic carbocycles. The molecule has 1 aliphatic rings. The number of likely N-dealkylation sites (tertiary alicyclic amines) is 1. The average Bonchev–Trinajstić information content (AvgIpc) is 2.93. The highest BCUT2D eigenvalue weighted by Crippen LogP contribution is 2.19. The smallest absolute Gasteiger partial charge is 0.239 e. The van der Waals surface area contributed by atoms with Crippen LogP contribution < -0.4 is 5.73 Å². The summed E-state index contributed by atoms with van der Waals surface area (Å²) in [5.41, 5.74) is 6.31. The molecule has 108 valence electrons. The lowest BCUT2D eigenvalue weighted by molar-refractivity contribution is -0.132. The van der Waals surface area contributed by atoms with Crippen LogP contribution in [0, 0.1) is 0 Å². The highest BCUT2D eigenvalue weighted by Gasteiger charge is 2.26. The van der Waals surface area contributed by atoms with Gasteiger partial charge in [0.15, 0.2) is 0 Å². The topological polar surface area (TPSA) is 66.6 Å². The van der Waals surface area contributed by atoms with Crippen molar-refractivity contribution in [3.8, 4) is 0 Å². The van der Waals surface area contributed by atoms with Gasteiger partial charge in [-0.25, -0.2) is 0 Å². The largest absolute Gasteiger partial charge is 0.368 e. The van der Waals surface area contributed by atoms with Gasteiger partial charge in [-0.05, 0) is 25.5 Å². The molecule has 1 aromatic rings. The van der Waals surface area contributed by atoms with Crippen LogP contribution in [0.5, 0.6) is 0 Å². The molecule has 20 heavy (non-hydrogen) atoms. The van der Waals surface area contributed by atoms with Crippen molar-refractivity contribution in [2.45, 2.75) is 18.9 Å². The van der Waals surface area contributed by atoms with Crippen molar-refractivity contribution in [1.82, 2.24) is 9.80 Å². The predicted molar refractivity (Wildman–Crippen MR) is 76.8 cm³/mol. The Hall–Kier alpha value is -1.88. The number of carbonyl (C=O) groups is 2. The summed E-state index contributed by atoms with van der Waals surface area (Å²) in [7, 11) is 1.76. The van der Waals surface area contributed by atoms with Crippen molar-refractivity contribution in [2.24, 2.45) is 5.73 Å². The lowest BCUT2D eigenvalue weighted by atomic mass is 10.1. The van der Waals surface area contributed by atoms with Gasteiger partial charge in [0.1, 0.15) is 6.04 Å². The average molecular weight is 275 g/mol. The van der Waals surface area contributed by atoms with Gasteiger partial charge < -0.3 is 10.6 Å². The molecule has 1 aliphatic heterocycles. The van der Waals surface area contributed by atoms with E-state index in [1.54, 1.807) is 11.9 Å². The molecule has 0 radical (unpaired) electrons. The first kappa shape index (κ1) is 14.5. The summed E-state index contributed by atoms with van der Waals surface area (Å²) in [6.45, 7) is 1.85. The number of carbonyl (C=O) groups excluding carboxylic acids is 2. The molecule has 1 fully saturated rings. The Morgan fingerprint density at radius 3 is 2.40 bits per heavy atom. The number of likely N-dealkylation sites (N-methyl/N-ethyl adjacent to an activating group) is 1. The number of benzene rings is 1. The van der Waals surface area contributed by atoms with Crippen molar-refractivity contribution < 1.29 is 9.59 Å². The van der Waals surface area contributed by atoms with Crippen molar-refractivity contribution in [1.29, 1.82) is 0 Å². The number of rotatable bonds is 5. The van der Waals surface area contributed by atoms with Crippen molar-refractivity contribution in [2.75, 3.05) is 26.7 Å². The van der Waals surface area contributed by atoms with Gasteiger partial charge in [-0.15, -0.1) is 0 Å². The Kier molecular flexibility index (Phi) is 4.74. The lowest BCUT2D eigenvalue weighted by Crippen LogP contribution is -2.42. The van der Waals surface area contributed by atoms with E-state index in [-0.39, 0.29) is 12.5 Å². The second kappa shape index (κ2) is 6.52. The van der Waals surface area contributed by atoms with Gasteiger partial charge in [0.25, 0.3) is 0 Å². The molecule has 0 aromatic heterocycles. The van der Waals surface area contributed by atoms with E-state index in [1.165, 1.54) is 0 Å². The molecule has 1 atom stereocenters. The molecule has 0 unspecified atom stereocenters. The van der Waals surface area contributed by atoms with E-state index in [1.807, 2.05) is 35.2 Å². The number of nitrogens with zero attached hydrogens (tertiary/aromatic N) is 2. The summed E-state index contributed by atoms with van der Waals surface area (Å²) in [6, 6.07) is 8.75. The Morgan fingerprint density at radius 2 is 1.85 bits per heavy atom. The van der Waals surface area contributed by atoms with Crippen LogP contribution in [0.4, 0.5) is 0 Å². The van der Waals surface area contributed by atoms with Gasteiger partial charge in [0.05, 0.1) is 6.54 Å². The number of nitrogens with two attached hydrogens (primary N) is 1. The second-order valence-electron chi connectivity index (χ2n) is 5.22. The molecule has 5 nitrogen and oxygen atoms in total. The number of hydrogen-bond donors (Lipinski definition) is 1. The van der Waals surface area contributed by atoms with E-state index in [4.69, 9.17) is 5.73 Å². The van der Waals surface area contributed by atoms with Gasteiger partial charge in [-0.2, -0.15) is 0 Å². The Labute approximate surface area is 119 Å². The molecule has 2 rings (SSSR count). The first-order valence-electron chi connectivity index (χ1n) is 6.92. The normalized spacial score (nSPS) is 16.4. The molecule has 0 saturated carbocycles. The third-order valence-electron chi connectivity index (χ3n) is 3.67. The fraction of sp³-hybridized carbons (Fsp3) is 0.467. The molecule has 5 heteroatoms. The molecular formula is C15H21N3O2. The third kappa shape index (κ3) is 3.36. The number of amides is 2. The third-order valence-corrected chi connectivity index (χ3v) is 3.67. The SMILES string of the molecule is CN(CC(=O)N1CCCC1)[C@@H](C(N)=O)c1ccccc1. The molecule has 0 spiro atoms. The lowest BCUT2D eigenvalue weighted by Gasteiger charge is -2.27. The van der Waals surface area contributed by atoms with Gasteiger partial charge in [0, 0.05) is 13.1 Å². The molecule has 2 N–H and O–H groups in total. The molecule has 1 saturated heterocycles. The molecule has 1 aromatic carbocycles. The van der Waals surface area contributed by atoms with Gasteiger partial charge >= 0.3 is 0 Å². The van der Waals surface area contributed by atoms with Gasteiger partial charge in [-0.3, -0.25) is 14.5 Å². The summed E-state index contributed by atoms with van der Waals surface area (Å²) in [5, 5.41) is 0. The van der Waals surface area contributed by atoms with Crippen LogP contribution in [0.25, 0.3) is 0 Å². The first-order chi connectivity index (χ1) is 9.59. The number of primary amides is 1. The van der Waals surface area contributed by atoms with Crippen molar-refractivity contribution in [3.63, 3.8) is 0 Å². The van der Waals surface area contributed by atoms with Crippen LogP contribution in [-0.4, -0.2) is 48.3 Å². The summed E-state index contributed by atoms with van der Waals surface area (Å²) in [4.78, 5) is 27.4. The maximum absolute atomic E-state index is 12.1.